The van der Waals surface area contributed by atoms with Crippen LogP contribution in [0.25, 0.3) is 0 Å². The molecule has 0 unspecified atom stereocenters. The molecule has 2 rings (SSSR count). The van der Waals surface area contributed by atoms with Crippen molar-refractivity contribution in [2.45, 2.75) is 23.1 Å². The zero-order chi connectivity index (χ0) is 18.3. The summed E-state index contributed by atoms with van der Waals surface area (Å²) < 4.78 is 31.0. The fraction of sp³-hybridized carbons (Fsp3) is 0.235. The number of nitrogens with two attached hydrogens (primary N) is 2. The molecule has 0 amide bonds. The van der Waals surface area contributed by atoms with Crippen molar-refractivity contribution in [2.75, 3.05) is 13.2 Å². The van der Waals surface area contributed by atoms with Crippen LogP contribution in [-0.2, 0) is 14.7 Å². The largest absolute Gasteiger partial charge is 0.493 e. The Kier molecular flexibility index (Phi) is 6.24. The third-order valence-corrected chi connectivity index (χ3v) is 4.96. The average Bonchev–Trinajstić information content (AvgIpc) is 2.58. The monoisotopic (exact) mass is 363 g/mol. The molecule has 0 aromatic heterocycles. The molecule has 0 aliphatic heterocycles. The number of rotatable bonds is 8. The van der Waals surface area contributed by atoms with Gasteiger partial charge in [0.25, 0.3) is 0 Å². The van der Waals surface area contributed by atoms with Gasteiger partial charge < -0.3 is 21.0 Å². The Morgan fingerprint density at radius 3 is 2.44 bits per heavy atom. The molecule has 0 aliphatic carbocycles. The summed E-state index contributed by atoms with van der Waals surface area (Å²) in [6, 6.07) is 13.2. The minimum absolute atomic E-state index is 0.143. The zero-order valence-corrected chi connectivity index (χ0v) is 14.7. The van der Waals surface area contributed by atoms with Gasteiger partial charge in [0.15, 0.2) is 0 Å². The van der Waals surface area contributed by atoms with Crippen LogP contribution >= 0.6 is 0 Å². The van der Waals surface area contributed by atoms with Gasteiger partial charge in [-0.3, -0.25) is 0 Å². The quantitative estimate of drug-likeness (QED) is 0.320. The number of aryl methyl sites for hydroxylation is 1. The Morgan fingerprint density at radius 1 is 1.04 bits per heavy atom. The second-order valence-corrected chi connectivity index (χ2v) is 7.30. The lowest BCUT2D eigenvalue weighted by Crippen LogP contribution is -2.23. The first kappa shape index (κ1) is 18.6. The number of sulfone groups is 1. The summed E-state index contributed by atoms with van der Waals surface area (Å²) in [6.07, 6.45) is 0.547. The van der Waals surface area contributed by atoms with E-state index >= 15 is 0 Å². The molecule has 0 saturated carbocycles. The van der Waals surface area contributed by atoms with E-state index < -0.39 is 9.84 Å². The molecule has 0 atom stereocenters. The summed E-state index contributed by atoms with van der Waals surface area (Å²) in [6.45, 7) is 2.45. The van der Waals surface area contributed by atoms with Crippen LogP contribution in [0.4, 0.5) is 0 Å². The highest BCUT2D eigenvalue weighted by Crippen LogP contribution is 2.26. The zero-order valence-electron chi connectivity index (χ0n) is 13.9. The summed E-state index contributed by atoms with van der Waals surface area (Å²) in [5, 5.41) is 3.40. The molecular weight excluding hydrogens is 342 g/mol. The van der Waals surface area contributed by atoms with Gasteiger partial charge in [-0.1, -0.05) is 18.2 Å². The highest BCUT2D eigenvalue weighted by Gasteiger charge is 2.18. The second-order valence-electron chi connectivity index (χ2n) is 5.35. The van der Waals surface area contributed by atoms with Gasteiger partial charge in [0.05, 0.1) is 16.4 Å². The van der Waals surface area contributed by atoms with Gasteiger partial charge >= 0.3 is 0 Å². The van der Waals surface area contributed by atoms with E-state index in [2.05, 4.69) is 5.16 Å². The van der Waals surface area contributed by atoms with Gasteiger partial charge in [0.1, 0.15) is 12.4 Å². The Morgan fingerprint density at radius 2 is 1.76 bits per heavy atom. The number of benzene rings is 2. The SMILES string of the molecule is Cc1cc(OCCCON=C(N)N)cc(S(=O)(=O)c2ccccc2)c1. The first-order chi connectivity index (χ1) is 11.9. The molecule has 2 aromatic carbocycles. The highest BCUT2D eigenvalue weighted by atomic mass is 32.2. The van der Waals surface area contributed by atoms with Crippen molar-refractivity contribution in [3.8, 4) is 5.75 Å². The fourth-order valence-electron chi connectivity index (χ4n) is 2.12. The van der Waals surface area contributed by atoms with Gasteiger partial charge in [0.2, 0.25) is 15.8 Å². The second kappa shape index (κ2) is 8.39. The molecule has 4 N–H and O–H groups in total. The number of guanidine groups is 1. The number of nitrogens with zero attached hydrogens (tertiary/aromatic N) is 1. The van der Waals surface area contributed by atoms with Gasteiger partial charge in [-0.2, -0.15) is 0 Å². The molecule has 0 heterocycles. The van der Waals surface area contributed by atoms with Crippen LogP contribution in [0, 0.1) is 6.92 Å². The normalized spacial score (nSPS) is 10.9. The van der Waals surface area contributed by atoms with Gasteiger partial charge in [-0.15, -0.1) is 0 Å². The number of hydrogen-bond donors (Lipinski definition) is 2. The molecule has 0 radical (unpaired) electrons. The minimum Gasteiger partial charge on any atom is -0.493 e. The van der Waals surface area contributed by atoms with Crippen LogP contribution in [0.2, 0.25) is 0 Å². The lowest BCUT2D eigenvalue weighted by atomic mass is 10.2. The summed E-state index contributed by atoms with van der Waals surface area (Å²) >= 11 is 0. The third kappa shape index (κ3) is 5.39. The Balaban J connectivity index is 2.06. The molecule has 8 heteroatoms. The molecule has 0 saturated heterocycles. The minimum atomic E-state index is -3.58. The van der Waals surface area contributed by atoms with E-state index in [1.807, 2.05) is 6.92 Å². The van der Waals surface area contributed by atoms with Crippen molar-refractivity contribution < 1.29 is 18.0 Å². The standard InChI is InChI=1S/C17H21N3O4S/c1-13-10-14(23-8-5-9-24-20-17(18)19)12-16(11-13)25(21,22)15-6-3-2-4-7-15/h2-4,6-7,10-12H,5,8-9H2,1H3,(H4,18,19,20). The summed E-state index contributed by atoms with van der Waals surface area (Å²) in [5.74, 6) is 0.340. The van der Waals surface area contributed by atoms with Crippen LogP contribution in [0.15, 0.2) is 63.5 Å². The molecule has 0 bridgehead atoms. The topological polar surface area (TPSA) is 117 Å². The van der Waals surface area contributed by atoms with Crippen molar-refractivity contribution in [1.29, 1.82) is 0 Å². The van der Waals surface area contributed by atoms with Crippen molar-refractivity contribution in [1.82, 2.24) is 0 Å². The fourth-order valence-corrected chi connectivity index (χ4v) is 3.52. The van der Waals surface area contributed by atoms with Gasteiger partial charge in [-0.25, -0.2) is 8.42 Å². The first-order valence-electron chi connectivity index (χ1n) is 7.65. The summed E-state index contributed by atoms with van der Waals surface area (Å²) in [5.41, 5.74) is 11.1. The Labute approximate surface area is 147 Å². The lowest BCUT2D eigenvalue weighted by molar-refractivity contribution is 0.127. The van der Waals surface area contributed by atoms with E-state index in [9.17, 15) is 8.42 Å². The van der Waals surface area contributed by atoms with E-state index in [-0.39, 0.29) is 15.8 Å². The first-order valence-corrected chi connectivity index (χ1v) is 9.13. The molecule has 134 valence electrons. The van der Waals surface area contributed by atoms with Crippen LogP contribution < -0.4 is 16.2 Å². The number of hydrogen-bond acceptors (Lipinski definition) is 5. The van der Waals surface area contributed by atoms with Crippen molar-refractivity contribution >= 4 is 15.8 Å². The molecular formula is C17H21N3O4S. The maximum absolute atomic E-state index is 12.7. The van der Waals surface area contributed by atoms with Crippen molar-refractivity contribution in [3.63, 3.8) is 0 Å². The Hall–Kier alpha value is -2.74. The van der Waals surface area contributed by atoms with Crippen LogP contribution in [0.1, 0.15) is 12.0 Å². The van der Waals surface area contributed by atoms with E-state index in [0.717, 1.165) is 5.56 Å². The van der Waals surface area contributed by atoms with E-state index in [4.69, 9.17) is 21.0 Å². The number of oxime groups is 1. The maximum atomic E-state index is 12.7. The molecule has 25 heavy (non-hydrogen) atoms. The van der Waals surface area contributed by atoms with Crippen LogP contribution in [0.3, 0.4) is 0 Å². The predicted molar refractivity (Wildman–Crippen MR) is 94.9 cm³/mol. The van der Waals surface area contributed by atoms with Crippen molar-refractivity contribution in [3.05, 3.63) is 54.1 Å². The number of ether oxygens (including phenoxy) is 1. The lowest BCUT2D eigenvalue weighted by Gasteiger charge is -2.10. The summed E-state index contributed by atoms with van der Waals surface area (Å²) in [7, 11) is -3.58. The van der Waals surface area contributed by atoms with E-state index in [0.29, 0.717) is 25.4 Å². The Bertz CT molecular complexity index is 832. The maximum Gasteiger partial charge on any atom is 0.228 e. The predicted octanol–water partition coefficient (Wildman–Crippen LogP) is 1.80. The smallest absolute Gasteiger partial charge is 0.228 e. The average molecular weight is 363 g/mol. The van der Waals surface area contributed by atoms with Gasteiger partial charge in [-0.05, 0) is 48.0 Å². The summed E-state index contributed by atoms with van der Waals surface area (Å²) in [4.78, 5) is 5.30. The third-order valence-electron chi connectivity index (χ3n) is 3.21. The van der Waals surface area contributed by atoms with Gasteiger partial charge in [0, 0.05) is 6.42 Å². The van der Waals surface area contributed by atoms with E-state index in [1.54, 1.807) is 42.5 Å². The highest BCUT2D eigenvalue weighted by molar-refractivity contribution is 7.91. The molecule has 7 nitrogen and oxygen atoms in total. The molecule has 2 aromatic rings. The van der Waals surface area contributed by atoms with Crippen molar-refractivity contribution in [2.24, 2.45) is 16.6 Å². The van der Waals surface area contributed by atoms with E-state index in [1.165, 1.54) is 6.07 Å². The molecule has 0 aliphatic rings. The molecule has 0 fully saturated rings. The van der Waals surface area contributed by atoms with Crippen LogP contribution in [0.5, 0.6) is 5.75 Å². The van der Waals surface area contributed by atoms with Crippen LogP contribution in [-0.4, -0.2) is 27.6 Å². The molecule has 0 spiro atoms.